The number of hydrogen-bond acceptors (Lipinski definition) is 3. The van der Waals surface area contributed by atoms with Crippen molar-refractivity contribution in [3.8, 4) is 0 Å². The molecular weight excluding hydrogens is 294 g/mol. The number of nitrogens with one attached hydrogen (secondary N) is 1. The molecule has 0 spiro atoms. The second-order valence-electron chi connectivity index (χ2n) is 3.27. The van der Waals surface area contributed by atoms with Gasteiger partial charge in [0, 0.05) is 0 Å². The van der Waals surface area contributed by atoms with Gasteiger partial charge in [0.2, 0.25) is 0 Å². The van der Waals surface area contributed by atoms with Crippen molar-refractivity contribution in [2.24, 2.45) is 0 Å². The predicted molar refractivity (Wildman–Crippen MR) is 65.4 cm³/mol. The fourth-order valence-electron chi connectivity index (χ4n) is 1.65. The summed E-state index contributed by atoms with van der Waals surface area (Å²) in [5, 5.41) is 9.18. The molecule has 84 valence electrons. The first kappa shape index (κ1) is 11.3. The van der Waals surface area contributed by atoms with Crippen LogP contribution >= 0.6 is 28.1 Å². The van der Waals surface area contributed by atoms with E-state index < -0.39 is 5.97 Å². The first-order valence-electron chi connectivity index (χ1n) is 4.62. The molecule has 0 aliphatic rings. The molecule has 0 amide bonds. The quantitative estimate of drug-likeness (QED) is 0.833. The number of carboxylic acid groups (broad SMARTS) is 1. The number of rotatable bonds is 2. The molecule has 0 radical (unpaired) electrons. The van der Waals surface area contributed by atoms with Crippen molar-refractivity contribution in [3.05, 3.63) is 26.5 Å². The van der Waals surface area contributed by atoms with Gasteiger partial charge in [-0.05, 0) is 46.2 Å². The normalized spacial score (nSPS) is 10.9. The van der Waals surface area contributed by atoms with Gasteiger partial charge in [-0.2, -0.15) is 0 Å². The van der Waals surface area contributed by atoms with E-state index in [0.717, 1.165) is 5.56 Å². The number of carbonyl (C=O) groups is 1. The van der Waals surface area contributed by atoms with Gasteiger partial charge in [-0.15, -0.1) is 0 Å². The van der Waals surface area contributed by atoms with Crippen LogP contribution in [-0.4, -0.2) is 16.1 Å². The Morgan fingerprint density at radius 1 is 1.69 bits per heavy atom. The minimum atomic E-state index is -0.985. The molecule has 2 N–H and O–H groups in total. The van der Waals surface area contributed by atoms with Crippen molar-refractivity contribution in [3.63, 3.8) is 0 Å². The Kier molecular flexibility index (Phi) is 2.86. The zero-order chi connectivity index (χ0) is 11.9. The van der Waals surface area contributed by atoms with E-state index in [1.807, 2.05) is 6.92 Å². The fourth-order valence-corrected chi connectivity index (χ4v) is 2.39. The summed E-state index contributed by atoms with van der Waals surface area (Å²) in [6, 6.07) is 1.75. The van der Waals surface area contributed by atoms with Gasteiger partial charge in [-0.25, -0.2) is 4.79 Å². The molecule has 4 nitrogen and oxygen atoms in total. The van der Waals surface area contributed by atoms with Crippen LogP contribution in [-0.2, 0) is 6.42 Å². The Morgan fingerprint density at radius 3 is 2.94 bits per heavy atom. The molecule has 0 aliphatic heterocycles. The fraction of sp³-hybridized carbons (Fsp3) is 0.200. The van der Waals surface area contributed by atoms with Gasteiger partial charge >= 0.3 is 5.97 Å². The highest BCUT2D eigenvalue weighted by molar-refractivity contribution is 9.10. The summed E-state index contributed by atoms with van der Waals surface area (Å²) in [7, 11) is 0. The monoisotopic (exact) mass is 301 g/mol. The Morgan fingerprint density at radius 2 is 2.38 bits per heavy atom. The van der Waals surface area contributed by atoms with E-state index in [4.69, 9.17) is 16.6 Å². The van der Waals surface area contributed by atoms with E-state index in [2.05, 4.69) is 20.9 Å². The Labute approximate surface area is 104 Å². The van der Waals surface area contributed by atoms with Gasteiger partial charge in [0.25, 0.3) is 4.84 Å². The highest BCUT2D eigenvalue weighted by Crippen LogP contribution is 2.30. The third-order valence-electron chi connectivity index (χ3n) is 2.33. The van der Waals surface area contributed by atoms with Crippen LogP contribution in [0.5, 0.6) is 0 Å². The summed E-state index contributed by atoms with van der Waals surface area (Å²) in [6.45, 7) is 1.90. The molecule has 0 fully saturated rings. The summed E-state index contributed by atoms with van der Waals surface area (Å²) in [6.07, 6.45) is 0.627. The lowest BCUT2D eigenvalue weighted by Gasteiger charge is -2.05. The maximum atomic E-state index is 11.2. The molecule has 16 heavy (non-hydrogen) atoms. The molecule has 1 heterocycles. The maximum Gasteiger partial charge on any atom is 0.338 e. The Hall–Kier alpha value is -1.14. The van der Waals surface area contributed by atoms with E-state index in [-0.39, 0.29) is 10.4 Å². The molecule has 6 heteroatoms. The van der Waals surface area contributed by atoms with E-state index in [0.29, 0.717) is 22.0 Å². The van der Waals surface area contributed by atoms with Gasteiger partial charge in [0.1, 0.15) is 5.52 Å². The topological polar surface area (TPSA) is 66.2 Å². The average Bonchev–Trinajstić information content (AvgIpc) is 2.58. The largest absolute Gasteiger partial charge is 0.478 e. The van der Waals surface area contributed by atoms with Crippen molar-refractivity contribution in [2.75, 3.05) is 0 Å². The molecule has 1 aromatic heterocycles. The highest BCUT2D eigenvalue weighted by Gasteiger charge is 2.18. The molecule has 2 rings (SSSR count). The van der Waals surface area contributed by atoms with Crippen LogP contribution in [0, 0.1) is 4.84 Å². The van der Waals surface area contributed by atoms with Crippen LogP contribution < -0.4 is 0 Å². The molecular formula is C10H8BrNO3S. The van der Waals surface area contributed by atoms with Crippen molar-refractivity contribution < 1.29 is 14.3 Å². The van der Waals surface area contributed by atoms with Gasteiger partial charge in [-0.3, -0.25) is 0 Å². The molecule has 0 saturated carbocycles. The van der Waals surface area contributed by atoms with Crippen LogP contribution in [0.1, 0.15) is 22.8 Å². The van der Waals surface area contributed by atoms with Crippen molar-refractivity contribution in [2.45, 2.75) is 13.3 Å². The van der Waals surface area contributed by atoms with Crippen LogP contribution in [0.4, 0.5) is 0 Å². The van der Waals surface area contributed by atoms with Crippen LogP contribution in [0.25, 0.3) is 11.1 Å². The summed E-state index contributed by atoms with van der Waals surface area (Å²) < 4.78 is 5.94. The predicted octanol–water partition coefficient (Wildman–Crippen LogP) is 3.51. The molecule has 1 aromatic carbocycles. The van der Waals surface area contributed by atoms with Gasteiger partial charge in [-0.1, -0.05) is 6.92 Å². The minimum absolute atomic E-state index is 0.173. The maximum absolute atomic E-state index is 11.2. The zero-order valence-electron chi connectivity index (χ0n) is 8.33. The summed E-state index contributed by atoms with van der Waals surface area (Å²) in [5.74, 6) is -0.985. The number of aromatic nitrogens is 1. The number of hydrogen-bond donors (Lipinski definition) is 2. The smallest absolute Gasteiger partial charge is 0.338 e. The first-order valence-corrected chi connectivity index (χ1v) is 5.82. The van der Waals surface area contributed by atoms with Gasteiger partial charge in [0.05, 0.1) is 10.0 Å². The highest BCUT2D eigenvalue weighted by atomic mass is 79.9. The van der Waals surface area contributed by atoms with Crippen molar-refractivity contribution >= 4 is 45.2 Å². The lowest BCUT2D eigenvalue weighted by molar-refractivity contribution is 0.0697. The first-order chi connectivity index (χ1) is 7.54. The number of oxazole rings is 1. The lowest BCUT2D eigenvalue weighted by atomic mass is 10.0. The van der Waals surface area contributed by atoms with Gasteiger partial charge < -0.3 is 14.5 Å². The molecule has 0 unspecified atom stereocenters. The molecule has 0 atom stereocenters. The molecule has 0 saturated heterocycles. The third kappa shape index (κ3) is 1.68. The average molecular weight is 302 g/mol. The van der Waals surface area contributed by atoms with Crippen LogP contribution in [0.2, 0.25) is 0 Å². The molecule has 2 aromatic rings. The number of aryl methyl sites for hydroxylation is 1. The molecule has 0 aliphatic carbocycles. The second-order valence-corrected chi connectivity index (χ2v) is 4.49. The minimum Gasteiger partial charge on any atom is -0.478 e. The van der Waals surface area contributed by atoms with E-state index in [1.54, 1.807) is 6.07 Å². The zero-order valence-corrected chi connectivity index (χ0v) is 10.7. The number of halogens is 1. The standard InChI is InChI=1S/C10H8BrNO3S/c1-2-4-3-5(11)8-7(6(4)9(13)14)12-10(16)15-8/h3H,2H2,1H3,(H,12,16)(H,13,14). The molecule has 0 bridgehead atoms. The number of aromatic amines is 1. The van der Waals surface area contributed by atoms with Gasteiger partial charge in [0.15, 0.2) is 5.58 Å². The van der Waals surface area contributed by atoms with Crippen LogP contribution in [0.3, 0.4) is 0 Å². The van der Waals surface area contributed by atoms with E-state index in [9.17, 15) is 9.90 Å². The lowest BCUT2D eigenvalue weighted by Crippen LogP contribution is -2.03. The summed E-state index contributed by atoms with van der Waals surface area (Å²) in [4.78, 5) is 14.1. The number of benzene rings is 1. The SMILES string of the molecule is CCc1cc(Br)c2oc(=S)[nH]c2c1C(=O)O. The van der Waals surface area contributed by atoms with Crippen molar-refractivity contribution in [1.82, 2.24) is 4.98 Å². The Balaban J connectivity index is 2.97. The number of aromatic carboxylic acids is 1. The third-order valence-corrected chi connectivity index (χ3v) is 3.11. The number of H-pyrrole nitrogens is 1. The number of fused-ring (bicyclic) bond motifs is 1. The van der Waals surface area contributed by atoms with Crippen molar-refractivity contribution in [1.29, 1.82) is 0 Å². The second kappa shape index (κ2) is 4.03. The number of carboxylic acids is 1. The van der Waals surface area contributed by atoms with E-state index in [1.165, 1.54) is 0 Å². The van der Waals surface area contributed by atoms with E-state index >= 15 is 0 Å². The summed E-state index contributed by atoms with van der Waals surface area (Å²) in [5.41, 5.74) is 1.84. The summed E-state index contributed by atoms with van der Waals surface area (Å²) >= 11 is 8.19. The Bertz CT molecular complexity index is 629. The van der Waals surface area contributed by atoms with Crippen LogP contribution in [0.15, 0.2) is 15.0 Å².